The van der Waals surface area contributed by atoms with Crippen molar-refractivity contribution in [3.05, 3.63) is 34.4 Å². The minimum Gasteiger partial charge on any atom is -0.300 e. The van der Waals surface area contributed by atoms with E-state index in [1.807, 2.05) is 0 Å². The van der Waals surface area contributed by atoms with Crippen molar-refractivity contribution in [2.24, 2.45) is 5.92 Å². The summed E-state index contributed by atoms with van der Waals surface area (Å²) in [5.41, 5.74) is 4.75. The molecule has 1 aromatic rings. The number of carbonyl (C=O) groups excluding carboxylic acids is 2. The van der Waals surface area contributed by atoms with Gasteiger partial charge in [0.2, 0.25) is 0 Å². The lowest BCUT2D eigenvalue weighted by Gasteiger charge is -2.13. The van der Waals surface area contributed by atoms with Gasteiger partial charge in [0.25, 0.3) is 0 Å². The molecule has 0 bridgehead atoms. The molecule has 0 heterocycles. The predicted molar refractivity (Wildman–Crippen MR) is 71.7 cm³/mol. The summed E-state index contributed by atoms with van der Waals surface area (Å²) in [4.78, 5) is 23.4. The number of hydrogen-bond acceptors (Lipinski definition) is 2. The van der Waals surface area contributed by atoms with Crippen molar-refractivity contribution in [1.82, 2.24) is 0 Å². The van der Waals surface area contributed by atoms with E-state index in [4.69, 9.17) is 0 Å². The van der Waals surface area contributed by atoms with Gasteiger partial charge in [-0.3, -0.25) is 9.59 Å². The molecule has 0 amide bonds. The largest absolute Gasteiger partial charge is 0.300 e. The van der Waals surface area contributed by atoms with E-state index in [1.54, 1.807) is 0 Å². The van der Waals surface area contributed by atoms with Crippen molar-refractivity contribution in [3.8, 4) is 0 Å². The molecule has 2 rings (SSSR count). The maximum atomic E-state index is 12.2. The molecule has 1 atom stereocenters. The van der Waals surface area contributed by atoms with Gasteiger partial charge in [0, 0.05) is 25.2 Å². The Morgan fingerprint density at radius 1 is 1.22 bits per heavy atom. The summed E-state index contributed by atoms with van der Waals surface area (Å²) in [5, 5.41) is 0. The van der Waals surface area contributed by atoms with Crippen LogP contribution in [0.4, 0.5) is 0 Å². The molecule has 18 heavy (non-hydrogen) atoms. The lowest BCUT2D eigenvalue weighted by atomic mass is 9.91. The summed E-state index contributed by atoms with van der Waals surface area (Å²) in [5.74, 6) is 0.444. The van der Waals surface area contributed by atoms with Gasteiger partial charge >= 0.3 is 0 Å². The SMILES string of the molecule is Cc1cc(C)c(CC(=O)C2CCC(=O)C2)c(C)c1. The summed E-state index contributed by atoms with van der Waals surface area (Å²) in [6.45, 7) is 6.19. The molecule has 1 aromatic carbocycles. The maximum absolute atomic E-state index is 12.2. The fraction of sp³-hybridized carbons (Fsp3) is 0.500. The van der Waals surface area contributed by atoms with E-state index in [2.05, 4.69) is 32.9 Å². The average Bonchev–Trinajstić information content (AvgIpc) is 2.70. The van der Waals surface area contributed by atoms with Crippen LogP contribution in [-0.4, -0.2) is 11.6 Å². The Morgan fingerprint density at radius 2 is 1.83 bits per heavy atom. The van der Waals surface area contributed by atoms with Crippen molar-refractivity contribution in [1.29, 1.82) is 0 Å². The number of hydrogen-bond donors (Lipinski definition) is 0. The van der Waals surface area contributed by atoms with Crippen LogP contribution in [0.15, 0.2) is 12.1 Å². The summed E-state index contributed by atoms with van der Waals surface area (Å²) in [7, 11) is 0. The molecule has 1 saturated carbocycles. The van der Waals surface area contributed by atoms with Gasteiger partial charge in [0.05, 0.1) is 0 Å². The van der Waals surface area contributed by atoms with Gasteiger partial charge < -0.3 is 0 Å². The summed E-state index contributed by atoms with van der Waals surface area (Å²) in [6.07, 6.45) is 2.28. The molecule has 0 N–H and O–H groups in total. The molecule has 1 fully saturated rings. The zero-order valence-corrected chi connectivity index (χ0v) is 11.4. The summed E-state index contributed by atoms with van der Waals surface area (Å²) in [6, 6.07) is 4.24. The number of Topliss-reactive ketones (excluding diaryl/α,β-unsaturated/α-hetero) is 2. The zero-order chi connectivity index (χ0) is 13.3. The quantitative estimate of drug-likeness (QED) is 0.818. The molecular formula is C16H20O2. The van der Waals surface area contributed by atoms with E-state index in [1.165, 1.54) is 16.7 Å². The van der Waals surface area contributed by atoms with Gasteiger partial charge in [-0.15, -0.1) is 0 Å². The van der Waals surface area contributed by atoms with E-state index in [0.717, 1.165) is 12.0 Å². The Morgan fingerprint density at radius 3 is 2.33 bits per heavy atom. The minimum absolute atomic E-state index is 0.0300. The van der Waals surface area contributed by atoms with Crippen molar-refractivity contribution in [3.63, 3.8) is 0 Å². The summed E-state index contributed by atoms with van der Waals surface area (Å²) >= 11 is 0. The van der Waals surface area contributed by atoms with Crippen LogP contribution in [0.1, 0.15) is 41.5 Å². The lowest BCUT2D eigenvalue weighted by Crippen LogP contribution is -2.15. The zero-order valence-electron chi connectivity index (χ0n) is 11.4. The highest BCUT2D eigenvalue weighted by Gasteiger charge is 2.28. The fourth-order valence-electron chi connectivity index (χ4n) is 2.90. The topological polar surface area (TPSA) is 34.1 Å². The highest BCUT2D eigenvalue weighted by molar-refractivity contribution is 5.92. The van der Waals surface area contributed by atoms with Crippen LogP contribution in [0.25, 0.3) is 0 Å². The molecule has 0 aliphatic heterocycles. The maximum Gasteiger partial charge on any atom is 0.140 e. The van der Waals surface area contributed by atoms with E-state index in [0.29, 0.717) is 19.3 Å². The predicted octanol–water partition coefficient (Wildman–Crippen LogP) is 3.09. The number of aryl methyl sites for hydroxylation is 3. The molecule has 0 spiro atoms. The first-order chi connectivity index (χ1) is 8.47. The molecule has 0 saturated heterocycles. The highest BCUT2D eigenvalue weighted by atomic mass is 16.1. The summed E-state index contributed by atoms with van der Waals surface area (Å²) < 4.78 is 0. The Labute approximate surface area is 108 Å². The van der Waals surface area contributed by atoms with Gasteiger partial charge in [-0.05, 0) is 43.9 Å². The molecule has 2 nitrogen and oxygen atoms in total. The molecule has 1 aliphatic carbocycles. The van der Waals surface area contributed by atoms with Crippen LogP contribution in [0.5, 0.6) is 0 Å². The van der Waals surface area contributed by atoms with Crippen molar-refractivity contribution < 1.29 is 9.59 Å². The van der Waals surface area contributed by atoms with Gasteiger partial charge in [0.1, 0.15) is 11.6 Å². The van der Waals surface area contributed by atoms with Crippen LogP contribution in [0, 0.1) is 26.7 Å². The number of benzene rings is 1. The van der Waals surface area contributed by atoms with Gasteiger partial charge in [-0.25, -0.2) is 0 Å². The molecular weight excluding hydrogens is 224 g/mol. The molecule has 1 aliphatic rings. The van der Waals surface area contributed by atoms with E-state index >= 15 is 0 Å². The molecule has 2 heteroatoms. The van der Waals surface area contributed by atoms with Crippen LogP contribution in [-0.2, 0) is 16.0 Å². The van der Waals surface area contributed by atoms with Crippen molar-refractivity contribution >= 4 is 11.6 Å². The lowest BCUT2D eigenvalue weighted by molar-refractivity contribution is -0.124. The number of ketones is 2. The van der Waals surface area contributed by atoms with Crippen molar-refractivity contribution in [2.45, 2.75) is 46.5 Å². The molecule has 0 aromatic heterocycles. The van der Waals surface area contributed by atoms with Gasteiger partial charge in [0.15, 0.2) is 0 Å². The Hall–Kier alpha value is -1.44. The second kappa shape index (κ2) is 5.05. The van der Waals surface area contributed by atoms with E-state index in [9.17, 15) is 9.59 Å². The Balaban J connectivity index is 2.14. The van der Waals surface area contributed by atoms with Gasteiger partial charge in [-0.1, -0.05) is 17.7 Å². The minimum atomic E-state index is -0.0300. The van der Waals surface area contributed by atoms with Gasteiger partial charge in [-0.2, -0.15) is 0 Å². The number of rotatable bonds is 3. The molecule has 0 radical (unpaired) electrons. The van der Waals surface area contributed by atoms with Crippen LogP contribution >= 0.6 is 0 Å². The second-order valence-electron chi connectivity index (χ2n) is 5.50. The third-order valence-electron chi connectivity index (χ3n) is 3.89. The highest BCUT2D eigenvalue weighted by Crippen LogP contribution is 2.26. The second-order valence-corrected chi connectivity index (χ2v) is 5.50. The van der Waals surface area contributed by atoms with E-state index < -0.39 is 0 Å². The smallest absolute Gasteiger partial charge is 0.140 e. The first-order valence-electron chi connectivity index (χ1n) is 6.58. The fourth-order valence-corrected chi connectivity index (χ4v) is 2.90. The third kappa shape index (κ3) is 2.69. The van der Waals surface area contributed by atoms with Crippen LogP contribution in [0.2, 0.25) is 0 Å². The first-order valence-corrected chi connectivity index (χ1v) is 6.58. The average molecular weight is 244 g/mol. The Kier molecular flexibility index (Phi) is 3.65. The number of carbonyl (C=O) groups is 2. The molecule has 1 unspecified atom stereocenters. The van der Waals surface area contributed by atoms with Crippen LogP contribution in [0.3, 0.4) is 0 Å². The first kappa shape index (κ1) is 13.0. The van der Waals surface area contributed by atoms with Crippen LogP contribution < -0.4 is 0 Å². The monoisotopic (exact) mass is 244 g/mol. The standard InChI is InChI=1S/C16H20O2/c1-10-6-11(2)15(12(3)7-10)9-16(18)13-4-5-14(17)8-13/h6-7,13H,4-5,8-9H2,1-3H3. The molecule has 96 valence electrons. The normalized spacial score (nSPS) is 19.3. The third-order valence-corrected chi connectivity index (χ3v) is 3.89. The van der Waals surface area contributed by atoms with E-state index in [-0.39, 0.29) is 17.5 Å². The van der Waals surface area contributed by atoms with Crippen molar-refractivity contribution in [2.75, 3.05) is 0 Å². The Bertz CT molecular complexity index is 477.